The molecule has 0 spiro atoms. The van der Waals surface area contributed by atoms with Crippen LogP contribution in [0.25, 0.3) is 0 Å². The normalized spacial score (nSPS) is 10.2. The number of rotatable bonds is 3. The maximum Gasteiger partial charge on any atom is 0.673 e. The highest BCUT2D eigenvalue weighted by atomic mass is 19.5. The topological polar surface area (TPSA) is 69.4 Å². The third-order valence-electron chi connectivity index (χ3n) is 2.06. The lowest BCUT2D eigenvalue weighted by atomic mass is 10.3. The van der Waals surface area contributed by atoms with E-state index < -0.39 is 19.2 Å². The molecule has 0 radical (unpaired) electrons. The van der Waals surface area contributed by atoms with E-state index in [-0.39, 0.29) is 11.4 Å². The second-order valence-electron chi connectivity index (χ2n) is 3.39. The Balaban J connectivity index is 0.000000690. The van der Waals surface area contributed by atoms with E-state index in [1.165, 1.54) is 20.4 Å². The third kappa shape index (κ3) is 6.68. The van der Waals surface area contributed by atoms with Crippen LogP contribution < -0.4 is 4.57 Å². The van der Waals surface area contributed by atoms with E-state index in [1.807, 2.05) is 6.92 Å². The van der Waals surface area contributed by atoms with Crippen LogP contribution in [0.15, 0.2) is 12.4 Å². The van der Waals surface area contributed by atoms with E-state index in [2.05, 4.69) is 14.5 Å². The molecule has 0 saturated carbocycles. The molecule has 0 aliphatic carbocycles. The highest BCUT2D eigenvalue weighted by Gasteiger charge is 2.30. The molecule has 0 fully saturated rings. The number of halogens is 4. The minimum Gasteiger partial charge on any atom is -0.464 e. The van der Waals surface area contributed by atoms with Gasteiger partial charge >= 0.3 is 24.9 Å². The highest BCUT2D eigenvalue weighted by Crippen LogP contribution is 2.06. The molecule has 1 aromatic rings. The predicted octanol–water partition coefficient (Wildman–Crippen LogP) is 1.26. The average Bonchev–Trinajstić information content (AvgIpc) is 2.42. The SMILES string of the molecule is CC[n+]1ccnc(C(=O)OC)c1C(=O)OC.F[B-](F)(F)F. The summed E-state index contributed by atoms with van der Waals surface area (Å²) in [6, 6.07) is 0. The largest absolute Gasteiger partial charge is 0.673 e. The van der Waals surface area contributed by atoms with Gasteiger partial charge in [-0.15, -0.1) is 0 Å². The van der Waals surface area contributed by atoms with Crippen LogP contribution in [0.2, 0.25) is 0 Å². The molecule has 118 valence electrons. The van der Waals surface area contributed by atoms with Gasteiger partial charge in [0.15, 0.2) is 6.20 Å². The van der Waals surface area contributed by atoms with Crippen LogP contribution >= 0.6 is 0 Å². The Morgan fingerprint density at radius 3 is 2.05 bits per heavy atom. The molecule has 0 aromatic carbocycles. The molecule has 0 aliphatic heterocycles. The van der Waals surface area contributed by atoms with Crippen LogP contribution in [0.5, 0.6) is 0 Å². The molecule has 21 heavy (non-hydrogen) atoms. The molecule has 0 atom stereocenters. The number of carbonyl (C=O) groups is 2. The van der Waals surface area contributed by atoms with Crippen molar-refractivity contribution in [1.82, 2.24) is 4.98 Å². The first-order valence-corrected chi connectivity index (χ1v) is 5.58. The van der Waals surface area contributed by atoms with Gasteiger partial charge in [0.1, 0.15) is 6.54 Å². The average molecular weight is 312 g/mol. The van der Waals surface area contributed by atoms with Crippen molar-refractivity contribution in [3.05, 3.63) is 23.8 Å². The summed E-state index contributed by atoms with van der Waals surface area (Å²) in [4.78, 5) is 26.8. The van der Waals surface area contributed by atoms with Gasteiger partial charge in [-0.05, 0) is 6.92 Å². The van der Waals surface area contributed by atoms with Gasteiger partial charge in [-0.2, -0.15) is 4.57 Å². The van der Waals surface area contributed by atoms with E-state index in [4.69, 9.17) is 0 Å². The van der Waals surface area contributed by atoms with Crippen molar-refractivity contribution in [2.75, 3.05) is 14.2 Å². The Kier molecular flexibility index (Phi) is 7.32. The van der Waals surface area contributed by atoms with Gasteiger partial charge in [0.05, 0.1) is 20.4 Å². The minimum absolute atomic E-state index is 0.0429. The van der Waals surface area contributed by atoms with Gasteiger partial charge in [-0.25, -0.2) is 14.6 Å². The molecule has 0 saturated heterocycles. The lowest BCUT2D eigenvalue weighted by molar-refractivity contribution is -0.696. The summed E-state index contributed by atoms with van der Waals surface area (Å²) in [7, 11) is -3.52. The standard InChI is InChI=1S/C10H13N2O4.BF4/c1-4-12-6-5-11-7(9(13)15-2)8(12)10(14)16-3;2-1(3,4)5/h5-6H,4H2,1-3H3;/q+1;-1. The monoisotopic (exact) mass is 312 g/mol. The van der Waals surface area contributed by atoms with Crippen LogP contribution in [0.3, 0.4) is 0 Å². The summed E-state index contributed by atoms with van der Waals surface area (Å²) in [6.07, 6.45) is 3.03. The first-order chi connectivity index (χ1) is 9.65. The molecule has 0 aliphatic rings. The van der Waals surface area contributed by atoms with Gasteiger partial charge in [-0.3, -0.25) is 0 Å². The number of esters is 2. The third-order valence-corrected chi connectivity index (χ3v) is 2.06. The molecule has 0 unspecified atom stereocenters. The van der Waals surface area contributed by atoms with E-state index in [0.29, 0.717) is 6.54 Å². The summed E-state index contributed by atoms with van der Waals surface area (Å²) in [6.45, 7) is 2.37. The van der Waals surface area contributed by atoms with Crippen LogP contribution in [0.1, 0.15) is 27.9 Å². The van der Waals surface area contributed by atoms with Crippen molar-refractivity contribution in [3.63, 3.8) is 0 Å². The Morgan fingerprint density at radius 2 is 1.67 bits per heavy atom. The van der Waals surface area contributed by atoms with Crippen molar-refractivity contribution >= 4 is 19.2 Å². The molecular formula is C10H13BF4N2O4. The van der Waals surface area contributed by atoms with Crippen LogP contribution in [-0.4, -0.2) is 38.4 Å². The van der Waals surface area contributed by atoms with E-state index in [0.717, 1.165) is 0 Å². The number of aryl methyl sites for hydroxylation is 1. The lowest BCUT2D eigenvalue weighted by Gasteiger charge is -2.03. The number of ether oxygens (including phenoxy) is 2. The van der Waals surface area contributed by atoms with Crippen molar-refractivity contribution in [2.45, 2.75) is 13.5 Å². The van der Waals surface area contributed by atoms with Gasteiger partial charge in [0.2, 0.25) is 5.69 Å². The van der Waals surface area contributed by atoms with Crippen molar-refractivity contribution in [2.24, 2.45) is 0 Å². The summed E-state index contributed by atoms with van der Waals surface area (Å²) >= 11 is 0. The fourth-order valence-corrected chi connectivity index (χ4v) is 1.28. The first-order valence-electron chi connectivity index (χ1n) is 5.58. The van der Waals surface area contributed by atoms with Crippen molar-refractivity contribution in [1.29, 1.82) is 0 Å². The number of carbonyl (C=O) groups excluding carboxylic acids is 2. The molecule has 1 heterocycles. The number of aromatic nitrogens is 2. The number of hydrogen-bond donors (Lipinski definition) is 0. The van der Waals surface area contributed by atoms with Crippen molar-refractivity contribution in [3.8, 4) is 0 Å². The fourth-order valence-electron chi connectivity index (χ4n) is 1.28. The van der Waals surface area contributed by atoms with Gasteiger partial charge in [-0.1, -0.05) is 0 Å². The molecule has 1 rings (SSSR count). The van der Waals surface area contributed by atoms with E-state index in [1.54, 1.807) is 10.8 Å². The molecule has 0 N–H and O–H groups in total. The smallest absolute Gasteiger partial charge is 0.464 e. The number of nitrogens with zero attached hydrogens (tertiary/aromatic N) is 2. The molecular weight excluding hydrogens is 299 g/mol. The molecule has 6 nitrogen and oxygen atoms in total. The summed E-state index contributed by atoms with van der Waals surface area (Å²) in [5, 5.41) is 0. The molecule has 0 amide bonds. The lowest BCUT2D eigenvalue weighted by Crippen LogP contribution is -2.42. The maximum atomic E-state index is 11.5. The number of hydrogen-bond acceptors (Lipinski definition) is 5. The van der Waals surface area contributed by atoms with Gasteiger partial charge in [0.25, 0.3) is 0 Å². The Morgan fingerprint density at radius 1 is 1.19 bits per heavy atom. The molecule has 0 bridgehead atoms. The summed E-state index contributed by atoms with van der Waals surface area (Å²) in [5.41, 5.74) is 0.0538. The second kappa shape index (κ2) is 8.17. The van der Waals surface area contributed by atoms with Crippen molar-refractivity contribution < 1.29 is 40.9 Å². The highest BCUT2D eigenvalue weighted by molar-refractivity contribution is 6.50. The Hall–Kier alpha value is -2.20. The zero-order valence-corrected chi connectivity index (χ0v) is 11.5. The quantitative estimate of drug-likeness (QED) is 0.364. The zero-order chi connectivity index (χ0) is 16.6. The second-order valence-corrected chi connectivity index (χ2v) is 3.39. The van der Waals surface area contributed by atoms with Crippen LogP contribution in [0.4, 0.5) is 17.3 Å². The molecule has 11 heteroatoms. The summed E-state index contributed by atoms with van der Waals surface area (Å²) < 4.78 is 49.7. The van der Waals surface area contributed by atoms with E-state index >= 15 is 0 Å². The first kappa shape index (κ1) is 18.8. The van der Waals surface area contributed by atoms with E-state index in [9.17, 15) is 26.9 Å². The van der Waals surface area contributed by atoms with Gasteiger partial charge < -0.3 is 26.7 Å². The van der Waals surface area contributed by atoms with Crippen LogP contribution in [0, 0.1) is 0 Å². The minimum atomic E-state index is -6.00. The Bertz CT molecular complexity index is 504. The number of methoxy groups -OCH3 is 2. The van der Waals surface area contributed by atoms with Crippen LogP contribution in [-0.2, 0) is 16.0 Å². The molecule has 1 aromatic heterocycles. The summed E-state index contributed by atoms with van der Waals surface area (Å²) in [5.74, 6) is -1.28. The Labute approximate surface area is 117 Å². The predicted molar refractivity (Wildman–Crippen MR) is 63.0 cm³/mol. The maximum absolute atomic E-state index is 11.5. The van der Waals surface area contributed by atoms with Gasteiger partial charge in [0, 0.05) is 0 Å². The zero-order valence-electron chi connectivity index (χ0n) is 11.5. The fraction of sp³-hybridized carbons (Fsp3) is 0.400.